The second-order valence-electron chi connectivity index (χ2n) is 7.80. The largest absolute Gasteiger partial charge is 0.324 e. The summed E-state index contributed by atoms with van der Waals surface area (Å²) in [6, 6.07) is 3.33. The maximum absolute atomic E-state index is 12.9. The summed E-state index contributed by atoms with van der Waals surface area (Å²) >= 11 is 0. The fraction of sp³-hybridized carbons (Fsp3) is 0.600. The second kappa shape index (κ2) is 11.5. The summed E-state index contributed by atoms with van der Waals surface area (Å²) in [7, 11) is 0. The van der Waals surface area contributed by atoms with Crippen LogP contribution in [0.25, 0.3) is 0 Å². The van der Waals surface area contributed by atoms with E-state index in [9.17, 15) is 19.6 Å². The molecular weight excluding hydrogens is 374 g/mol. The summed E-state index contributed by atoms with van der Waals surface area (Å²) in [6.45, 7) is 3.63. The molecule has 0 radical (unpaired) electrons. The maximum atomic E-state index is 12.9. The minimum atomic E-state index is -0.545. The maximum Gasteiger partial charge on any atom is 0.240 e. The van der Waals surface area contributed by atoms with E-state index in [1.54, 1.807) is 29.5 Å². The van der Waals surface area contributed by atoms with Gasteiger partial charge in [0.1, 0.15) is 0 Å². The number of hydrogen-bond donors (Lipinski definition) is 3. The third-order valence-electron chi connectivity index (χ3n) is 5.13. The summed E-state index contributed by atoms with van der Waals surface area (Å²) in [5, 5.41) is 14.4. The van der Waals surface area contributed by atoms with Gasteiger partial charge in [0.2, 0.25) is 18.2 Å². The van der Waals surface area contributed by atoms with Crippen LogP contribution in [0.2, 0.25) is 0 Å². The number of hydroxylamine groups is 2. The molecule has 3 N–H and O–H groups in total. The smallest absolute Gasteiger partial charge is 0.240 e. The van der Waals surface area contributed by atoms with E-state index >= 15 is 0 Å². The highest BCUT2D eigenvalue weighted by Gasteiger charge is 2.28. The van der Waals surface area contributed by atoms with Crippen molar-refractivity contribution in [3.63, 3.8) is 0 Å². The second-order valence-corrected chi connectivity index (χ2v) is 7.80. The number of amides is 3. The van der Waals surface area contributed by atoms with Gasteiger partial charge in [0.15, 0.2) is 0 Å². The molecule has 0 aliphatic heterocycles. The molecule has 0 saturated heterocycles. The first-order valence-corrected chi connectivity index (χ1v) is 10.1. The van der Waals surface area contributed by atoms with Crippen LogP contribution in [-0.2, 0) is 14.4 Å². The zero-order valence-corrected chi connectivity index (χ0v) is 17.1. The number of nitrogens with one attached hydrogen (secondary N) is 2. The molecule has 0 aromatic carbocycles. The van der Waals surface area contributed by atoms with Crippen molar-refractivity contribution in [2.45, 2.75) is 52.0 Å². The monoisotopic (exact) mass is 405 g/mol. The van der Waals surface area contributed by atoms with Crippen molar-refractivity contribution in [1.82, 2.24) is 20.5 Å². The number of anilines is 1. The number of carbonyl (C=O) groups is 3. The normalized spacial score (nSPS) is 15.3. The zero-order chi connectivity index (χ0) is 21.2. The first-order valence-electron chi connectivity index (χ1n) is 10.1. The average molecular weight is 405 g/mol. The van der Waals surface area contributed by atoms with Crippen LogP contribution >= 0.6 is 0 Å². The Hall–Kier alpha value is -2.52. The lowest BCUT2D eigenvalue weighted by atomic mass is 9.92. The Bertz CT molecular complexity index is 664. The van der Waals surface area contributed by atoms with Gasteiger partial charge in [-0.2, -0.15) is 0 Å². The molecule has 1 atom stereocenters. The predicted molar refractivity (Wildman–Crippen MR) is 107 cm³/mol. The lowest BCUT2D eigenvalue weighted by molar-refractivity contribution is -0.156. The summed E-state index contributed by atoms with van der Waals surface area (Å²) in [5.74, 6) is -0.722. The fourth-order valence-electron chi connectivity index (χ4n) is 3.56. The summed E-state index contributed by atoms with van der Waals surface area (Å²) < 4.78 is 0. The molecule has 9 heteroatoms. The van der Waals surface area contributed by atoms with E-state index in [4.69, 9.17) is 0 Å². The predicted octanol–water partition coefficient (Wildman–Crippen LogP) is 1.81. The van der Waals surface area contributed by atoms with Gasteiger partial charge in [-0.1, -0.05) is 25.7 Å². The van der Waals surface area contributed by atoms with Crippen molar-refractivity contribution in [1.29, 1.82) is 0 Å². The van der Waals surface area contributed by atoms with Crippen LogP contribution < -0.4 is 10.7 Å². The molecule has 160 valence electrons. The van der Waals surface area contributed by atoms with Crippen LogP contribution in [0.4, 0.5) is 5.69 Å². The standard InChI is InChI=1S/C20H31N5O4/c1-15(2)25(13-19(27)22-18-8-5-9-21-11-18)23-20(28)17(12-24(29)14-26)10-16-6-3-4-7-16/h5,8-9,11,14-17,29H,3-4,6-7,10,12-13H2,1-2H3,(H,22,27)(H,23,28)/t17-/m1/s1. The molecule has 1 heterocycles. The van der Waals surface area contributed by atoms with Gasteiger partial charge in [0.05, 0.1) is 30.9 Å². The van der Waals surface area contributed by atoms with E-state index in [1.807, 2.05) is 13.8 Å². The lowest BCUT2D eigenvalue weighted by Gasteiger charge is -2.30. The van der Waals surface area contributed by atoms with Gasteiger partial charge in [-0.05, 0) is 38.3 Å². The third-order valence-corrected chi connectivity index (χ3v) is 5.13. The zero-order valence-electron chi connectivity index (χ0n) is 17.1. The van der Waals surface area contributed by atoms with E-state index < -0.39 is 5.92 Å². The Kier molecular flexibility index (Phi) is 9.01. The highest BCUT2D eigenvalue weighted by molar-refractivity contribution is 5.92. The van der Waals surface area contributed by atoms with Crippen LogP contribution in [0.15, 0.2) is 24.5 Å². The third kappa shape index (κ3) is 7.78. The quantitative estimate of drug-likeness (QED) is 0.294. The summed E-state index contributed by atoms with van der Waals surface area (Å²) in [6.07, 6.45) is 8.45. The molecule has 2 rings (SSSR count). The molecule has 0 spiro atoms. The Balaban J connectivity index is 1.97. The number of pyridine rings is 1. The molecular formula is C20H31N5O4. The van der Waals surface area contributed by atoms with Crippen LogP contribution in [0.1, 0.15) is 46.0 Å². The Morgan fingerprint density at radius 2 is 2.07 bits per heavy atom. The Morgan fingerprint density at radius 1 is 1.34 bits per heavy atom. The van der Waals surface area contributed by atoms with Gasteiger partial charge in [-0.3, -0.25) is 30.0 Å². The van der Waals surface area contributed by atoms with Crippen LogP contribution in [-0.4, -0.2) is 57.6 Å². The molecule has 1 aliphatic carbocycles. The topological polar surface area (TPSA) is 115 Å². The molecule has 1 aromatic heterocycles. The van der Waals surface area contributed by atoms with Crippen molar-refractivity contribution in [3.8, 4) is 0 Å². The molecule has 1 aromatic rings. The van der Waals surface area contributed by atoms with Gasteiger partial charge >= 0.3 is 0 Å². The minimum Gasteiger partial charge on any atom is -0.324 e. The molecule has 29 heavy (non-hydrogen) atoms. The van der Waals surface area contributed by atoms with Gasteiger partial charge < -0.3 is 5.32 Å². The Morgan fingerprint density at radius 3 is 2.66 bits per heavy atom. The summed E-state index contributed by atoms with van der Waals surface area (Å²) in [4.78, 5) is 40.0. The SMILES string of the molecule is CC(C)N(CC(=O)Nc1cccnc1)NC(=O)[C@H](CC1CCCC1)CN(O)C=O. The lowest BCUT2D eigenvalue weighted by Crippen LogP contribution is -2.52. The van der Waals surface area contributed by atoms with Crippen LogP contribution in [0.3, 0.4) is 0 Å². The molecule has 9 nitrogen and oxygen atoms in total. The van der Waals surface area contributed by atoms with E-state index in [0.717, 1.165) is 25.7 Å². The fourth-order valence-corrected chi connectivity index (χ4v) is 3.56. The minimum absolute atomic E-state index is 0.0367. The molecule has 0 bridgehead atoms. The number of hydrazine groups is 1. The number of aromatic nitrogens is 1. The molecule has 1 aliphatic rings. The number of nitrogens with zero attached hydrogens (tertiary/aromatic N) is 3. The van der Waals surface area contributed by atoms with Crippen molar-refractivity contribution in [2.75, 3.05) is 18.4 Å². The van der Waals surface area contributed by atoms with E-state index in [1.165, 1.54) is 0 Å². The molecule has 0 unspecified atom stereocenters. The first-order chi connectivity index (χ1) is 13.9. The average Bonchev–Trinajstić information content (AvgIpc) is 3.20. The van der Waals surface area contributed by atoms with E-state index in [2.05, 4.69) is 15.7 Å². The number of hydrogen-bond acceptors (Lipinski definition) is 6. The highest BCUT2D eigenvalue weighted by Crippen LogP contribution is 2.30. The van der Waals surface area contributed by atoms with E-state index in [-0.39, 0.29) is 30.9 Å². The first kappa shape index (κ1) is 22.8. The van der Waals surface area contributed by atoms with Crippen LogP contribution in [0.5, 0.6) is 0 Å². The molecule has 3 amide bonds. The van der Waals surface area contributed by atoms with E-state index in [0.29, 0.717) is 29.5 Å². The highest BCUT2D eigenvalue weighted by atomic mass is 16.5. The van der Waals surface area contributed by atoms with Crippen molar-refractivity contribution in [3.05, 3.63) is 24.5 Å². The Labute approximate surface area is 171 Å². The van der Waals surface area contributed by atoms with Gasteiger partial charge in [0, 0.05) is 12.2 Å². The van der Waals surface area contributed by atoms with Gasteiger partial charge in [-0.15, -0.1) is 0 Å². The van der Waals surface area contributed by atoms with Gasteiger partial charge in [-0.25, -0.2) is 10.1 Å². The molecule has 1 fully saturated rings. The van der Waals surface area contributed by atoms with Crippen molar-refractivity contribution in [2.24, 2.45) is 11.8 Å². The summed E-state index contributed by atoms with van der Waals surface area (Å²) in [5.41, 5.74) is 3.38. The van der Waals surface area contributed by atoms with Crippen molar-refractivity contribution >= 4 is 23.9 Å². The number of carbonyl (C=O) groups excluding carboxylic acids is 3. The molecule has 1 saturated carbocycles. The van der Waals surface area contributed by atoms with Gasteiger partial charge in [0.25, 0.3) is 0 Å². The van der Waals surface area contributed by atoms with Crippen LogP contribution in [0, 0.1) is 11.8 Å². The number of rotatable bonds is 11. The van der Waals surface area contributed by atoms with Crippen molar-refractivity contribution < 1.29 is 19.6 Å².